The molecule has 11 heavy (non-hydrogen) atoms. The first-order valence-corrected chi connectivity index (χ1v) is 8.12. The molecule has 2 atom stereocenters. The summed E-state index contributed by atoms with van der Waals surface area (Å²) in [5, 5.41) is 0.898. The van der Waals surface area contributed by atoms with Gasteiger partial charge in [0.1, 0.15) is 0 Å². The van der Waals surface area contributed by atoms with E-state index < -0.39 is 0 Å². The third-order valence-corrected chi connectivity index (χ3v) is 8.05. The molecule has 1 aliphatic carbocycles. The molecule has 1 heterocycles. The van der Waals surface area contributed by atoms with Crippen molar-refractivity contribution in [3.05, 3.63) is 0 Å². The van der Waals surface area contributed by atoms with Crippen LogP contribution in [-0.4, -0.2) is 11.3 Å². The Morgan fingerprint density at radius 1 is 0.818 bits per heavy atom. The van der Waals surface area contributed by atoms with E-state index in [1.54, 1.807) is 31.8 Å². The number of hydrogen-bond donors (Lipinski definition) is 0. The van der Waals surface area contributed by atoms with Crippen molar-refractivity contribution in [2.24, 2.45) is 0 Å². The van der Waals surface area contributed by atoms with Crippen LogP contribution in [0, 0.1) is 0 Å². The van der Waals surface area contributed by atoms with E-state index in [1.165, 1.54) is 35.8 Å². The number of rotatable bonds is 0. The van der Waals surface area contributed by atoms with Crippen molar-refractivity contribution in [3.8, 4) is 0 Å². The molecule has 64 valence electrons. The summed E-state index contributed by atoms with van der Waals surface area (Å²) in [6.45, 7) is 0. The van der Waals surface area contributed by atoms with Gasteiger partial charge < -0.3 is 0 Å². The third-order valence-electron chi connectivity index (χ3n) is 3.12. The van der Waals surface area contributed by atoms with Gasteiger partial charge in [0.2, 0.25) is 0 Å². The van der Waals surface area contributed by atoms with Crippen LogP contribution < -0.4 is 0 Å². The van der Waals surface area contributed by atoms with Gasteiger partial charge >= 0.3 is 0 Å². The first-order valence-electron chi connectivity index (χ1n) is 4.91. The molecule has 0 N–H and O–H groups in total. The van der Waals surface area contributed by atoms with Gasteiger partial charge in [-0.3, -0.25) is 0 Å². The summed E-state index contributed by atoms with van der Waals surface area (Å²) in [7, 11) is 2.68. The molecule has 0 aromatic carbocycles. The molecular weight excluding hydrogens is 170 g/mol. The van der Waals surface area contributed by atoms with E-state index in [1.807, 2.05) is 0 Å². The number of hydrogen-bond acceptors (Lipinski definition) is 0. The highest BCUT2D eigenvalue weighted by Crippen LogP contribution is 2.60. The zero-order valence-corrected chi connectivity index (χ0v) is 9.16. The van der Waals surface area contributed by atoms with Crippen molar-refractivity contribution in [1.29, 1.82) is 0 Å². The Morgan fingerprint density at radius 2 is 1.55 bits per heavy atom. The molecule has 1 aliphatic heterocycles. The molecule has 0 radical (unpaired) electrons. The molecule has 0 aromatic heterocycles. The van der Waals surface area contributed by atoms with Crippen LogP contribution in [0.15, 0.2) is 0 Å². The Morgan fingerprint density at radius 3 is 2.18 bits per heavy atom. The highest BCUT2D eigenvalue weighted by Gasteiger charge is 2.32. The van der Waals surface area contributed by atoms with Crippen LogP contribution in [0.5, 0.6) is 0 Å². The Kier molecular flexibility index (Phi) is 2.86. The molecule has 2 fully saturated rings. The Labute approximate surface area is 73.4 Å². The van der Waals surface area contributed by atoms with Crippen LogP contribution in [0.2, 0.25) is 0 Å². The minimum Gasteiger partial charge on any atom is -0.0987 e. The Bertz CT molecular complexity index is 102. The average Bonchev–Trinajstić information content (AvgIpc) is 2.07. The predicted octanol–water partition coefficient (Wildman–Crippen LogP) is 3.76. The summed E-state index contributed by atoms with van der Waals surface area (Å²) in [6.07, 6.45) is 12.4. The molecule has 0 nitrogen and oxygen atoms in total. The summed E-state index contributed by atoms with van der Waals surface area (Å²) in [4.78, 5) is 0. The molecule has 2 rings (SSSR count). The lowest BCUT2D eigenvalue weighted by Gasteiger charge is -2.40. The van der Waals surface area contributed by atoms with Gasteiger partial charge in [0.15, 0.2) is 0 Å². The van der Waals surface area contributed by atoms with Crippen LogP contribution in [0.1, 0.15) is 44.9 Å². The van der Waals surface area contributed by atoms with E-state index in [-0.39, 0.29) is 0 Å². The van der Waals surface area contributed by atoms with Crippen molar-refractivity contribution in [1.82, 2.24) is 0 Å². The second-order valence-corrected chi connectivity index (χ2v) is 7.97. The summed E-state index contributed by atoms with van der Waals surface area (Å²) in [6, 6.07) is 0. The van der Waals surface area contributed by atoms with Crippen LogP contribution in [0.3, 0.4) is 0 Å². The second-order valence-electron chi connectivity index (χ2n) is 4.00. The van der Waals surface area contributed by atoms with Gasteiger partial charge in [0, 0.05) is 0 Å². The van der Waals surface area contributed by atoms with E-state index in [0.29, 0.717) is 0 Å². The fourth-order valence-corrected chi connectivity index (χ4v) is 7.35. The first-order chi connectivity index (χ1) is 5.41. The van der Waals surface area contributed by atoms with Crippen LogP contribution >= 0.6 is 16.5 Å². The molecule has 1 saturated carbocycles. The minimum atomic E-state index is 0.898. The van der Waals surface area contributed by atoms with Gasteiger partial charge in [-0.2, -0.15) is 0 Å². The molecule has 1 spiro atoms. The average molecular weight is 188 g/mol. The van der Waals surface area contributed by atoms with Crippen molar-refractivity contribution in [2.75, 3.05) is 6.16 Å². The van der Waals surface area contributed by atoms with E-state index in [9.17, 15) is 0 Å². The van der Waals surface area contributed by atoms with Crippen LogP contribution in [0.4, 0.5) is 0 Å². The molecule has 0 aromatic rings. The van der Waals surface area contributed by atoms with Gasteiger partial charge in [0.05, 0.1) is 0 Å². The van der Waals surface area contributed by atoms with Crippen LogP contribution in [0.25, 0.3) is 0 Å². The maximum absolute atomic E-state index is 1.58. The molecule has 0 bridgehead atoms. The zero-order valence-electron chi connectivity index (χ0n) is 7.16. The first kappa shape index (κ1) is 8.46. The monoisotopic (exact) mass is 188 g/mol. The van der Waals surface area contributed by atoms with E-state index in [2.05, 4.69) is 0 Å². The summed E-state index contributed by atoms with van der Waals surface area (Å²) in [5.74, 6) is 0. The zero-order chi connectivity index (χ0) is 7.57. The quantitative estimate of drug-likeness (QED) is 0.508. The highest BCUT2D eigenvalue weighted by molar-refractivity contribution is 8.12. The lowest BCUT2D eigenvalue weighted by molar-refractivity contribution is 0.372. The second kappa shape index (κ2) is 3.71. The SMILES string of the molecule is C1CCC2(CC1)CCCPP2. The summed E-state index contributed by atoms with van der Waals surface area (Å²) in [5.41, 5.74) is 0. The lowest BCUT2D eigenvalue weighted by Crippen LogP contribution is -2.27. The van der Waals surface area contributed by atoms with E-state index in [0.717, 1.165) is 5.16 Å². The van der Waals surface area contributed by atoms with Gasteiger partial charge in [-0.1, -0.05) is 35.8 Å². The summed E-state index contributed by atoms with van der Waals surface area (Å²) >= 11 is 0. The van der Waals surface area contributed by atoms with Gasteiger partial charge in [0.25, 0.3) is 0 Å². The predicted molar refractivity (Wildman–Crippen MR) is 56.5 cm³/mol. The molecule has 2 unspecified atom stereocenters. The standard InChI is InChI=1S/C9H18P2/c1-2-5-9(6-3-1)7-4-8-10-11-9/h10-11H,1-8H2. The molecule has 0 amide bonds. The normalized spacial score (nSPS) is 34.9. The maximum atomic E-state index is 1.58. The van der Waals surface area contributed by atoms with Crippen molar-refractivity contribution in [2.45, 2.75) is 50.1 Å². The fraction of sp³-hybridized carbons (Fsp3) is 1.00. The fourth-order valence-electron chi connectivity index (χ4n) is 2.43. The van der Waals surface area contributed by atoms with Crippen LogP contribution in [-0.2, 0) is 0 Å². The molecule has 2 heteroatoms. The molecular formula is C9H18P2. The van der Waals surface area contributed by atoms with Crippen molar-refractivity contribution < 1.29 is 0 Å². The van der Waals surface area contributed by atoms with E-state index in [4.69, 9.17) is 0 Å². The largest absolute Gasteiger partial charge is 0.0987 e. The van der Waals surface area contributed by atoms with Crippen molar-refractivity contribution >= 4 is 16.5 Å². The van der Waals surface area contributed by atoms with Crippen molar-refractivity contribution in [3.63, 3.8) is 0 Å². The summed E-state index contributed by atoms with van der Waals surface area (Å²) < 4.78 is 0. The highest BCUT2D eigenvalue weighted by atomic mass is 32.0. The Balaban J connectivity index is 1.94. The third kappa shape index (κ3) is 1.96. The van der Waals surface area contributed by atoms with Gasteiger partial charge in [-0.05, 0) is 37.0 Å². The minimum absolute atomic E-state index is 0.898. The van der Waals surface area contributed by atoms with Gasteiger partial charge in [-0.15, -0.1) is 0 Å². The molecule has 2 aliphatic rings. The topological polar surface area (TPSA) is 0 Å². The van der Waals surface area contributed by atoms with Gasteiger partial charge in [-0.25, -0.2) is 0 Å². The maximum Gasteiger partial charge on any atom is -0.00853 e. The van der Waals surface area contributed by atoms with E-state index >= 15 is 0 Å². The molecule has 1 saturated heterocycles. The smallest absolute Gasteiger partial charge is 0.00853 e. The Hall–Kier alpha value is 0.860. The lowest BCUT2D eigenvalue weighted by atomic mass is 9.85.